The molecule has 0 radical (unpaired) electrons. The number of nitrogens with one attached hydrogen (secondary N) is 1. The zero-order valence-electron chi connectivity index (χ0n) is 9.32. The Morgan fingerprint density at radius 2 is 2.60 bits per heavy atom. The van der Waals surface area contributed by atoms with Crippen molar-refractivity contribution in [1.82, 2.24) is 4.98 Å². The van der Waals surface area contributed by atoms with Gasteiger partial charge in [-0.05, 0) is 19.8 Å². The van der Waals surface area contributed by atoms with Gasteiger partial charge in [0.15, 0.2) is 5.13 Å². The molecular weight excluding hydrogens is 208 g/mol. The summed E-state index contributed by atoms with van der Waals surface area (Å²) in [4.78, 5) is 4.51. The van der Waals surface area contributed by atoms with Gasteiger partial charge in [-0.2, -0.15) is 0 Å². The Balaban J connectivity index is 1.89. The minimum Gasteiger partial charge on any atom is -0.381 e. The van der Waals surface area contributed by atoms with Gasteiger partial charge in [-0.15, -0.1) is 11.3 Å². The van der Waals surface area contributed by atoms with Gasteiger partial charge >= 0.3 is 0 Å². The van der Waals surface area contributed by atoms with Gasteiger partial charge < -0.3 is 10.1 Å². The average Bonchev–Trinajstić information content (AvgIpc) is 2.87. The summed E-state index contributed by atoms with van der Waals surface area (Å²) >= 11 is 1.70. The van der Waals surface area contributed by atoms with Crippen LogP contribution < -0.4 is 5.32 Å². The third-order valence-corrected chi connectivity index (χ3v) is 3.76. The summed E-state index contributed by atoms with van der Waals surface area (Å²) in [5.74, 6) is 0.638. The van der Waals surface area contributed by atoms with Crippen molar-refractivity contribution < 1.29 is 4.74 Å². The van der Waals surface area contributed by atoms with Crippen LogP contribution in [0.3, 0.4) is 0 Å². The van der Waals surface area contributed by atoms with Gasteiger partial charge in [-0.3, -0.25) is 0 Å². The van der Waals surface area contributed by atoms with E-state index in [9.17, 15) is 0 Å². The maximum absolute atomic E-state index is 5.39. The number of aryl methyl sites for hydroxylation is 1. The molecule has 0 bridgehead atoms. The Morgan fingerprint density at radius 3 is 3.20 bits per heavy atom. The molecule has 1 aromatic heterocycles. The van der Waals surface area contributed by atoms with E-state index < -0.39 is 0 Å². The van der Waals surface area contributed by atoms with E-state index in [2.05, 4.69) is 29.5 Å². The minimum absolute atomic E-state index is 0.461. The second-order valence-corrected chi connectivity index (χ2v) is 4.91. The number of thiazole rings is 1. The molecule has 84 valence electrons. The van der Waals surface area contributed by atoms with Crippen LogP contribution in [0.25, 0.3) is 0 Å². The highest BCUT2D eigenvalue weighted by Crippen LogP contribution is 2.22. The van der Waals surface area contributed by atoms with E-state index in [1.165, 1.54) is 12.1 Å². The summed E-state index contributed by atoms with van der Waals surface area (Å²) in [6, 6.07) is 0.461. The summed E-state index contributed by atoms with van der Waals surface area (Å²) in [6.45, 7) is 6.15. The fourth-order valence-corrected chi connectivity index (χ4v) is 2.69. The Kier molecular flexibility index (Phi) is 3.59. The van der Waals surface area contributed by atoms with Gasteiger partial charge in [0.05, 0.1) is 12.3 Å². The van der Waals surface area contributed by atoms with Gasteiger partial charge in [0.1, 0.15) is 0 Å². The largest absolute Gasteiger partial charge is 0.381 e. The standard InChI is InChI=1S/C11H18N2OS/c1-3-10-7-15-11(13-10)12-8(2)9-4-5-14-6-9/h7-9H,3-6H2,1-2H3,(H,12,13). The van der Waals surface area contributed by atoms with Crippen molar-refractivity contribution in [3.05, 3.63) is 11.1 Å². The highest BCUT2D eigenvalue weighted by atomic mass is 32.1. The Hall–Kier alpha value is -0.610. The van der Waals surface area contributed by atoms with Crippen LogP contribution in [0.2, 0.25) is 0 Å². The summed E-state index contributed by atoms with van der Waals surface area (Å²) < 4.78 is 5.39. The van der Waals surface area contributed by atoms with Crippen molar-refractivity contribution in [3.8, 4) is 0 Å². The van der Waals surface area contributed by atoms with E-state index >= 15 is 0 Å². The van der Waals surface area contributed by atoms with Crippen LogP contribution in [-0.2, 0) is 11.2 Å². The maximum atomic E-state index is 5.39. The molecule has 2 rings (SSSR count). The monoisotopic (exact) mass is 226 g/mol. The van der Waals surface area contributed by atoms with Crippen molar-refractivity contribution in [3.63, 3.8) is 0 Å². The number of ether oxygens (including phenoxy) is 1. The topological polar surface area (TPSA) is 34.1 Å². The lowest BCUT2D eigenvalue weighted by atomic mass is 10.0. The second-order valence-electron chi connectivity index (χ2n) is 4.05. The number of anilines is 1. The molecule has 1 aliphatic heterocycles. The van der Waals surface area contributed by atoms with Gasteiger partial charge in [-0.25, -0.2) is 4.98 Å². The lowest BCUT2D eigenvalue weighted by Gasteiger charge is -2.18. The van der Waals surface area contributed by atoms with E-state index in [1.807, 2.05) is 0 Å². The average molecular weight is 226 g/mol. The highest BCUT2D eigenvalue weighted by molar-refractivity contribution is 7.13. The zero-order valence-corrected chi connectivity index (χ0v) is 10.1. The molecule has 2 atom stereocenters. The zero-order chi connectivity index (χ0) is 10.7. The van der Waals surface area contributed by atoms with Crippen LogP contribution in [-0.4, -0.2) is 24.2 Å². The predicted molar refractivity (Wildman–Crippen MR) is 63.5 cm³/mol. The summed E-state index contributed by atoms with van der Waals surface area (Å²) in [6.07, 6.45) is 2.18. The van der Waals surface area contributed by atoms with Crippen molar-refractivity contribution in [2.24, 2.45) is 5.92 Å². The Morgan fingerprint density at radius 1 is 1.73 bits per heavy atom. The molecule has 0 aromatic carbocycles. The maximum Gasteiger partial charge on any atom is 0.183 e. The van der Waals surface area contributed by atoms with E-state index in [0.717, 1.165) is 24.8 Å². The first-order valence-electron chi connectivity index (χ1n) is 5.58. The van der Waals surface area contributed by atoms with E-state index in [-0.39, 0.29) is 0 Å². The quantitative estimate of drug-likeness (QED) is 0.856. The molecule has 0 saturated carbocycles. The third-order valence-electron chi connectivity index (χ3n) is 2.94. The smallest absolute Gasteiger partial charge is 0.183 e. The first-order valence-corrected chi connectivity index (χ1v) is 6.46. The number of hydrogen-bond donors (Lipinski definition) is 1. The molecule has 4 heteroatoms. The molecule has 3 nitrogen and oxygen atoms in total. The minimum atomic E-state index is 0.461. The van der Waals surface area contributed by atoms with E-state index in [0.29, 0.717) is 12.0 Å². The van der Waals surface area contributed by atoms with Gasteiger partial charge in [0.2, 0.25) is 0 Å². The summed E-state index contributed by atoms with van der Waals surface area (Å²) in [7, 11) is 0. The van der Waals surface area contributed by atoms with Gasteiger partial charge in [-0.1, -0.05) is 6.92 Å². The van der Waals surface area contributed by atoms with E-state index in [4.69, 9.17) is 4.74 Å². The molecule has 1 fully saturated rings. The lowest BCUT2D eigenvalue weighted by Crippen LogP contribution is -2.25. The van der Waals surface area contributed by atoms with Crippen LogP contribution in [0.1, 0.15) is 26.0 Å². The SMILES string of the molecule is CCc1csc(NC(C)C2CCOC2)n1. The van der Waals surface area contributed by atoms with Crippen LogP contribution in [0.5, 0.6) is 0 Å². The van der Waals surface area contributed by atoms with Crippen LogP contribution in [0.15, 0.2) is 5.38 Å². The Labute approximate surface area is 94.9 Å². The molecule has 0 amide bonds. The van der Waals surface area contributed by atoms with Crippen LogP contribution in [0.4, 0.5) is 5.13 Å². The first kappa shape index (κ1) is 10.9. The molecule has 1 aromatic rings. The number of nitrogens with zero attached hydrogens (tertiary/aromatic N) is 1. The molecule has 0 spiro atoms. The molecule has 1 saturated heterocycles. The Bertz CT molecular complexity index is 307. The van der Waals surface area contributed by atoms with Crippen LogP contribution in [0, 0.1) is 5.92 Å². The summed E-state index contributed by atoms with van der Waals surface area (Å²) in [5, 5.41) is 6.64. The lowest BCUT2D eigenvalue weighted by molar-refractivity contribution is 0.183. The molecule has 1 aliphatic rings. The normalized spacial score (nSPS) is 22.9. The molecule has 15 heavy (non-hydrogen) atoms. The van der Waals surface area contributed by atoms with Crippen molar-refractivity contribution in [2.45, 2.75) is 32.7 Å². The number of hydrogen-bond acceptors (Lipinski definition) is 4. The van der Waals surface area contributed by atoms with Gasteiger partial charge in [0.25, 0.3) is 0 Å². The first-order chi connectivity index (χ1) is 7.29. The second kappa shape index (κ2) is 4.94. The third kappa shape index (κ3) is 2.69. The summed E-state index contributed by atoms with van der Waals surface area (Å²) in [5.41, 5.74) is 1.18. The molecule has 0 aliphatic carbocycles. The molecule has 2 unspecified atom stereocenters. The van der Waals surface area contributed by atoms with Crippen LogP contribution >= 0.6 is 11.3 Å². The molecule has 1 N–H and O–H groups in total. The highest BCUT2D eigenvalue weighted by Gasteiger charge is 2.22. The van der Waals surface area contributed by atoms with Gasteiger partial charge in [0, 0.05) is 23.9 Å². The fourth-order valence-electron chi connectivity index (χ4n) is 1.80. The number of rotatable bonds is 4. The molecule has 2 heterocycles. The fraction of sp³-hybridized carbons (Fsp3) is 0.727. The molecular formula is C11H18N2OS. The predicted octanol–water partition coefficient (Wildman–Crippen LogP) is 2.54. The van der Waals surface area contributed by atoms with E-state index in [1.54, 1.807) is 11.3 Å². The number of aromatic nitrogens is 1. The van der Waals surface area contributed by atoms with Crippen molar-refractivity contribution in [2.75, 3.05) is 18.5 Å². The van der Waals surface area contributed by atoms with Crippen molar-refractivity contribution in [1.29, 1.82) is 0 Å². The van der Waals surface area contributed by atoms with Crippen molar-refractivity contribution >= 4 is 16.5 Å².